The normalized spacial score (nSPS) is 14.1. The molecule has 0 radical (unpaired) electrons. The van der Waals surface area contributed by atoms with Gasteiger partial charge in [0.15, 0.2) is 6.61 Å². The minimum atomic E-state index is -0.265. The highest BCUT2D eigenvalue weighted by molar-refractivity contribution is 9.10. The van der Waals surface area contributed by atoms with Crippen molar-refractivity contribution in [2.24, 2.45) is 0 Å². The van der Waals surface area contributed by atoms with Crippen LogP contribution in [0, 0.1) is 0 Å². The van der Waals surface area contributed by atoms with Crippen molar-refractivity contribution in [2.75, 3.05) is 6.61 Å². The van der Waals surface area contributed by atoms with E-state index in [-0.39, 0.29) is 24.6 Å². The van der Waals surface area contributed by atoms with E-state index >= 15 is 0 Å². The van der Waals surface area contributed by atoms with Gasteiger partial charge in [0.25, 0.3) is 0 Å². The standard InChI is InChI=1S/C29H31BrO5/c1-4-20-14-27(33-17-19-8-6-5-7-9-19)23(15-24(20)30)25(32)18-34-28-21(16-31)10-11-26-22(28)12-13-29(2,3)35-26/h5-11,14-15,31H,4,12-13,16-18H2,1-3H3. The van der Waals surface area contributed by atoms with E-state index in [1.54, 1.807) is 6.07 Å². The van der Waals surface area contributed by atoms with Crippen LogP contribution >= 0.6 is 15.9 Å². The van der Waals surface area contributed by atoms with Crippen molar-refractivity contribution in [1.29, 1.82) is 0 Å². The molecule has 3 aromatic carbocycles. The molecule has 184 valence electrons. The predicted molar refractivity (Wildman–Crippen MR) is 140 cm³/mol. The molecule has 35 heavy (non-hydrogen) atoms. The van der Waals surface area contributed by atoms with Crippen LogP contribution in [0.15, 0.2) is 59.1 Å². The van der Waals surface area contributed by atoms with Gasteiger partial charge in [-0.3, -0.25) is 4.79 Å². The molecule has 0 aromatic heterocycles. The lowest BCUT2D eigenvalue weighted by Gasteiger charge is -2.33. The maximum atomic E-state index is 13.4. The second-order valence-corrected chi connectivity index (χ2v) is 10.2. The molecular weight excluding hydrogens is 508 g/mol. The highest BCUT2D eigenvalue weighted by Gasteiger charge is 2.30. The number of hydrogen-bond donors (Lipinski definition) is 1. The molecule has 1 N–H and O–H groups in total. The molecule has 0 spiro atoms. The molecule has 1 heterocycles. The Bertz CT molecular complexity index is 1200. The van der Waals surface area contributed by atoms with Crippen molar-refractivity contribution < 1.29 is 24.1 Å². The molecule has 0 saturated heterocycles. The van der Waals surface area contributed by atoms with Crippen LogP contribution < -0.4 is 14.2 Å². The van der Waals surface area contributed by atoms with Crippen LogP contribution in [0.3, 0.4) is 0 Å². The Kier molecular flexibility index (Phi) is 7.82. The van der Waals surface area contributed by atoms with Gasteiger partial charge >= 0.3 is 0 Å². The quantitative estimate of drug-likeness (QED) is 0.317. The van der Waals surface area contributed by atoms with Crippen LogP contribution in [0.1, 0.15) is 59.8 Å². The first kappa shape index (κ1) is 25.3. The Labute approximate surface area is 215 Å². The topological polar surface area (TPSA) is 65.0 Å². The molecule has 0 unspecified atom stereocenters. The van der Waals surface area contributed by atoms with Gasteiger partial charge in [0.2, 0.25) is 5.78 Å². The number of ketones is 1. The Morgan fingerprint density at radius 3 is 2.57 bits per heavy atom. The summed E-state index contributed by atoms with van der Waals surface area (Å²) in [6.45, 7) is 6.17. The number of carbonyl (C=O) groups is 1. The average molecular weight is 539 g/mol. The minimum absolute atomic E-state index is 0.174. The van der Waals surface area contributed by atoms with Crippen LogP contribution in [0.25, 0.3) is 0 Å². The molecule has 1 aliphatic rings. The summed E-state index contributed by atoms with van der Waals surface area (Å²) in [5.74, 6) is 1.60. The summed E-state index contributed by atoms with van der Waals surface area (Å²) >= 11 is 3.59. The number of fused-ring (bicyclic) bond motifs is 1. The summed E-state index contributed by atoms with van der Waals surface area (Å²) in [6, 6.07) is 17.2. The van der Waals surface area contributed by atoms with E-state index in [1.807, 2.05) is 48.5 Å². The van der Waals surface area contributed by atoms with Crippen LogP contribution in [-0.4, -0.2) is 23.1 Å². The third-order valence-electron chi connectivity index (χ3n) is 6.25. The zero-order valence-corrected chi connectivity index (χ0v) is 22.0. The van der Waals surface area contributed by atoms with Crippen molar-refractivity contribution in [2.45, 2.75) is 58.8 Å². The van der Waals surface area contributed by atoms with Gasteiger partial charge in [0.1, 0.15) is 29.5 Å². The summed E-state index contributed by atoms with van der Waals surface area (Å²) in [7, 11) is 0. The maximum absolute atomic E-state index is 13.4. The number of halogens is 1. The summed E-state index contributed by atoms with van der Waals surface area (Å²) in [6.07, 6.45) is 2.38. The molecule has 0 fully saturated rings. The summed E-state index contributed by atoms with van der Waals surface area (Å²) in [4.78, 5) is 13.4. The lowest BCUT2D eigenvalue weighted by molar-refractivity contribution is 0.0812. The zero-order chi connectivity index (χ0) is 25.0. The molecule has 1 aliphatic heterocycles. The van der Waals surface area contributed by atoms with Gasteiger partial charge in [-0.1, -0.05) is 53.2 Å². The number of aliphatic hydroxyl groups excluding tert-OH is 1. The first-order valence-electron chi connectivity index (χ1n) is 11.9. The van der Waals surface area contributed by atoms with Gasteiger partial charge in [-0.25, -0.2) is 0 Å². The van der Waals surface area contributed by atoms with Crippen LogP contribution in [-0.2, 0) is 26.1 Å². The molecule has 0 bridgehead atoms. The van der Waals surface area contributed by atoms with E-state index in [1.165, 1.54) is 0 Å². The second kappa shape index (κ2) is 10.8. The fraction of sp³-hybridized carbons (Fsp3) is 0.345. The van der Waals surface area contributed by atoms with Crippen molar-refractivity contribution in [1.82, 2.24) is 0 Å². The first-order chi connectivity index (χ1) is 16.8. The number of aliphatic hydroxyl groups is 1. The highest BCUT2D eigenvalue weighted by atomic mass is 79.9. The monoisotopic (exact) mass is 538 g/mol. The average Bonchev–Trinajstić information content (AvgIpc) is 2.86. The van der Waals surface area contributed by atoms with E-state index < -0.39 is 0 Å². The van der Waals surface area contributed by atoms with Gasteiger partial charge in [-0.2, -0.15) is 0 Å². The fourth-order valence-electron chi connectivity index (χ4n) is 4.22. The molecule has 0 amide bonds. The maximum Gasteiger partial charge on any atom is 0.203 e. The summed E-state index contributed by atoms with van der Waals surface area (Å²) < 4.78 is 19.1. The first-order valence-corrected chi connectivity index (χ1v) is 12.7. The summed E-state index contributed by atoms with van der Waals surface area (Å²) in [5, 5.41) is 9.89. The lowest BCUT2D eigenvalue weighted by Crippen LogP contribution is -2.33. The van der Waals surface area contributed by atoms with Crippen molar-refractivity contribution in [3.63, 3.8) is 0 Å². The van der Waals surface area contributed by atoms with E-state index in [4.69, 9.17) is 14.2 Å². The van der Waals surface area contributed by atoms with E-state index in [9.17, 15) is 9.90 Å². The SMILES string of the molecule is CCc1cc(OCc2ccccc2)c(C(=O)COc2c(CO)ccc3c2CCC(C)(C)O3)cc1Br. The van der Waals surface area contributed by atoms with E-state index in [0.717, 1.165) is 46.2 Å². The van der Waals surface area contributed by atoms with Crippen molar-refractivity contribution >= 4 is 21.7 Å². The predicted octanol–water partition coefficient (Wildman–Crippen LogP) is 6.45. The third-order valence-corrected chi connectivity index (χ3v) is 6.99. The van der Waals surface area contributed by atoms with Crippen molar-refractivity contribution in [3.05, 3.63) is 86.9 Å². The molecule has 4 rings (SSSR count). The number of hydrogen-bond acceptors (Lipinski definition) is 5. The Balaban J connectivity index is 1.58. The van der Waals surface area contributed by atoms with Crippen LogP contribution in [0.2, 0.25) is 0 Å². The highest BCUT2D eigenvalue weighted by Crippen LogP contribution is 2.40. The summed E-state index contributed by atoms with van der Waals surface area (Å²) in [5.41, 5.74) is 3.81. The largest absolute Gasteiger partial charge is 0.488 e. The molecule has 0 saturated carbocycles. The Hall–Kier alpha value is -2.83. The second-order valence-electron chi connectivity index (χ2n) is 9.33. The number of rotatable bonds is 9. The van der Waals surface area contributed by atoms with Gasteiger partial charge in [-0.05, 0) is 68.5 Å². The van der Waals surface area contributed by atoms with E-state index in [2.05, 4.69) is 36.7 Å². The minimum Gasteiger partial charge on any atom is -0.488 e. The van der Waals surface area contributed by atoms with E-state index in [0.29, 0.717) is 29.2 Å². The number of benzene rings is 3. The molecule has 5 nitrogen and oxygen atoms in total. The van der Waals surface area contributed by atoms with Gasteiger partial charge in [-0.15, -0.1) is 0 Å². The van der Waals surface area contributed by atoms with Gasteiger partial charge in [0, 0.05) is 15.6 Å². The van der Waals surface area contributed by atoms with Gasteiger partial charge < -0.3 is 19.3 Å². The third kappa shape index (κ3) is 5.88. The number of carbonyl (C=O) groups excluding carboxylic acids is 1. The van der Waals surface area contributed by atoms with Crippen LogP contribution in [0.5, 0.6) is 17.2 Å². The number of ether oxygens (including phenoxy) is 3. The Morgan fingerprint density at radius 2 is 1.86 bits per heavy atom. The van der Waals surface area contributed by atoms with Gasteiger partial charge in [0.05, 0.1) is 12.2 Å². The zero-order valence-electron chi connectivity index (χ0n) is 20.4. The Morgan fingerprint density at radius 1 is 1.09 bits per heavy atom. The number of aryl methyl sites for hydroxylation is 1. The smallest absolute Gasteiger partial charge is 0.203 e. The van der Waals surface area contributed by atoms with Crippen LogP contribution in [0.4, 0.5) is 0 Å². The number of Topliss-reactive ketones (excluding diaryl/α,β-unsaturated/α-hetero) is 1. The lowest BCUT2D eigenvalue weighted by atomic mass is 9.92. The molecule has 0 atom stereocenters. The molecule has 6 heteroatoms. The molecular formula is C29H31BrO5. The molecule has 3 aromatic rings. The fourth-order valence-corrected chi connectivity index (χ4v) is 4.85. The molecule has 0 aliphatic carbocycles. The van der Waals surface area contributed by atoms with Crippen molar-refractivity contribution in [3.8, 4) is 17.2 Å².